The SMILES string of the molecule is COc1cccc(C(=O)N(CC(=O)N2CCc3sccc3C2c2ccc(Cl)cc2)C2CC2)c1. The normalized spacial score (nSPS) is 17.4. The quantitative estimate of drug-likeness (QED) is 0.488. The zero-order valence-electron chi connectivity index (χ0n) is 18.4. The standard InChI is InChI=1S/C26H25ClN2O3S/c1-32-21-4-2-3-18(15-21)26(31)29(20-9-10-20)16-24(30)28-13-11-23-22(12-14-33-23)25(28)17-5-7-19(27)8-6-17/h2-8,12,14-15,20,25H,9-11,13,16H2,1H3. The molecule has 5 rings (SSSR count). The number of thiophene rings is 1. The number of nitrogens with zero attached hydrogens (tertiary/aromatic N) is 2. The van der Waals surface area contributed by atoms with E-state index in [0.717, 1.165) is 24.8 Å². The van der Waals surface area contributed by atoms with Crippen LogP contribution in [0.3, 0.4) is 0 Å². The maximum atomic E-state index is 13.7. The predicted octanol–water partition coefficient (Wildman–Crippen LogP) is 5.19. The number of halogens is 1. The maximum absolute atomic E-state index is 13.7. The van der Waals surface area contributed by atoms with Crippen LogP contribution in [0.2, 0.25) is 5.02 Å². The van der Waals surface area contributed by atoms with E-state index in [2.05, 4.69) is 11.4 Å². The van der Waals surface area contributed by atoms with Crippen molar-refractivity contribution in [1.82, 2.24) is 9.80 Å². The van der Waals surface area contributed by atoms with Crippen molar-refractivity contribution in [2.75, 3.05) is 20.2 Å². The number of hydrogen-bond donors (Lipinski definition) is 0. The molecule has 1 aliphatic carbocycles. The minimum Gasteiger partial charge on any atom is -0.497 e. The van der Waals surface area contributed by atoms with Gasteiger partial charge in [-0.25, -0.2) is 0 Å². The molecule has 2 aliphatic rings. The Hall–Kier alpha value is -2.83. The predicted molar refractivity (Wildman–Crippen MR) is 130 cm³/mol. The average Bonchev–Trinajstić information content (AvgIpc) is 3.57. The Labute approximate surface area is 202 Å². The molecule has 2 aromatic carbocycles. The molecular weight excluding hydrogens is 456 g/mol. The van der Waals surface area contributed by atoms with Gasteiger partial charge in [0.15, 0.2) is 0 Å². The van der Waals surface area contributed by atoms with E-state index in [1.165, 1.54) is 10.4 Å². The summed E-state index contributed by atoms with van der Waals surface area (Å²) < 4.78 is 5.28. The molecule has 0 radical (unpaired) electrons. The molecule has 170 valence electrons. The second-order valence-electron chi connectivity index (χ2n) is 8.49. The third-order valence-electron chi connectivity index (χ3n) is 6.34. The van der Waals surface area contributed by atoms with Crippen molar-refractivity contribution in [3.8, 4) is 5.75 Å². The molecule has 1 unspecified atom stereocenters. The van der Waals surface area contributed by atoms with Gasteiger partial charge in [-0.15, -0.1) is 11.3 Å². The lowest BCUT2D eigenvalue weighted by molar-refractivity contribution is -0.134. The van der Waals surface area contributed by atoms with Gasteiger partial charge in [0.25, 0.3) is 5.91 Å². The molecule has 2 heterocycles. The van der Waals surface area contributed by atoms with E-state index in [9.17, 15) is 9.59 Å². The Morgan fingerprint density at radius 1 is 1.15 bits per heavy atom. The molecule has 0 N–H and O–H groups in total. The van der Waals surface area contributed by atoms with Gasteiger partial charge >= 0.3 is 0 Å². The molecule has 1 aliphatic heterocycles. The first-order valence-electron chi connectivity index (χ1n) is 11.1. The van der Waals surface area contributed by atoms with Crippen molar-refractivity contribution in [3.63, 3.8) is 0 Å². The number of fused-ring (bicyclic) bond motifs is 1. The third-order valence-corrected chi connectivity index (χ3v) is 7.59. The largest absolute Gasteiger partial charge is 0.497 e. The van der Waals surface area contributed by atoms with E-state index in [1.807, 2.05) is 35.2 Å². The number of rotatable bonds is 6. The van der Waals surface area contributed by atoms with E-state index in [-0.39, 0.29) is 30.4 Å². The van der Waals surface area contributed by atoms with Crippen molar-refractivity contribution in [2.45, 2.75) is 31.3 Å². The highest BCUT2D eigenvalue weighted by Gasteiger charge is 2.38. The van der Waals surface area contributed by atoms with E-state index in [1.54, 1.807) is 41.5 Å². The van der Waals surface area contributed by atoms with Crippen LogP contribution < -0.4 is 4.74 Å². The van der Waals surface area contributed by atoms with Crippen molar-refractivity contribution < 1.29 is 14.3 Å². The Morgan fingerprint density at radius 3 is 2.67 bits per heavy atom. The van der Waals surface area contributed by atoms with Crippen LogP contribution >= 0.6 is 22.9 Å². The fraction of sp³-hybridized carbons (Fsp3) is 0.308. The van der Waals surface area contributed by atoms with Gasteiger partial charge in [-0.1, -0.05) is 29.8 Å². The molecule has 1 aromatic heterocycles. The number of benzene rings is 2. The Kier molecular flexibility index (Phi) is 6.13. The Morgan fingerprint density at radius 2 is 1.94 bits per heavy atom. The van der Waals surface area contributed by atoms with Crippen LogP contribution in [0.15, 0.2) is 60.0 Å². The zero-order chi connectivity index (χ0) is 22.9. The van der Waals surface area contributed by atoms with Gasteiger partial charge in [0.05, 0.1) is 13.2 Å². The smallest absolute Gasteiger partial charge is 0.254 e. The van der Waals surface area contributed by atoms with E-state index in [0.29, 0.717) is 22.9 Å². The summed E-state index contributed by atoms with van der Waals surface area (Å²) in [5.74, 6) is 0.475. The summed E-state index contributed by atoms with van der Waals surface area (Å²) >= 11 is 7.86. The second-order valence-corrected chi connectivity index (χ2v) is 9.92. The van der Waals surface area contributed by atoms with Gasteiger partial charge in [-0.05, 0) is 72.2 Å². The van der Waals surface area contributed by atoms with Crippen LogP contribution in [0, 0.1) is 0 Å². The van der Waals surface area contributed by atoms with Crippen LogP contribution in [0.1, 0.15) is 45.2 Å². The molecule has 5 nitrogen and oxygen atoms in total. The van der Waals surface area contributed by atoms with Crippen LogP contribution in [-0.2, 0) is 11.2 Å². The summed E-state index contributed by atoms with van der Waals surface area (Å²) in [6.45, 7) is 0.704. The van der Waals surface area contributed by atoms with E-state index >= 15 is 0 Å². The fourth-order valence-corrected chi connectivity index (χ4v) is 5.53. The molecule has 0 bridgehead atoms. The van der Waals surface area contributed by atoms with Crippen molar-refractivity contribution >= 4 is 34.8 Å². The molecular formula is C26H25ClN2O3S. The van der Waals surface area contributed by atoms with Gasteiger partial charge in [-0.2, -0.15) is 0 Å². The molecule has 0 saturated heterocycles. The molecule has 3 aromatic rings. The number of hydrogen-bond acceptors (Lipinski definition) is 4. The Balaban J connectivity index is 1.42. The van der Waals surface area contributed by atoms with Crippen LogP contribution in [0.25, 0.3) is 0 Å². The lowest BCUT2D eigenvalue weighted by Gasteiger charge is -2.37. The molecule has 1 fully saturated rings. The molecule has 33 heavy (non-hydrogen) atoms. The number of carbonyl (C=O) groups excluding carboxylic acids is 2. The summed E-state index contributed by atoms with van der Waals surface area (Å²) in [6, 6.07) is 16.9. The zero-order valence-corrected chi connectivity index (χ0v) is 19.9. The topological polar surface area (TPSA) is 49.9 Å². The Bertz CT molecular complexity index is 1170. The number of ether oxygens (including phenoxy) is 1. The third kappa shape index (κ3) is 4.50. The fourth-order valence-electron chi connectivity index (χ4n) is 4.50. The minimum atomic E-state index is -0.169. The molecule has 7 heteroatoms. The molecule has 1 saturated carbocycles. The van der Waals surface area contributed by atoms with Crippen LogP contribution in [-0.4, -0.2) is 47.9 Å². The highest BCUT2D eigenvalue weighted by Crippen LogP contribution is 2.38. The molecule has 1 atom stereocenters. The van der Waals surface area contributed by atoms with Gasteiger partial charge in [-0.3, -0.25) is 9.59 Å². The van der Waals surface area contributed by atoms with Crippen LogP contribution in [0.5, 0.6) is 5.75 Å². The first kappa shape index (κ1) is 22.0. The maximum Gasteiger partial charge on any atom is 0.254 e. The number of amides is 2. The van der Waals surface area contributed by atoms with Crippen molar-refractivity contribution in [3.05, 3.63) is 86.6 Å². The van der Waals surface area contributed by atoms with Gasteiger partial charge in [0.1, 0.15) is 12.3 Å². The summed E-state index contributed by atoms with van der Waals surface area (Å²) in [5, 5.41) is 2.76. The lowest BCUT2D eigenvalue weighted by atomic mass is 9.93. The van der Waals surface area contributed by atoms with Crippen molar-refractivity contribution in [1.29, 1.82) is 0 Å². The highest BCUT2D eigenvalue weighted by molar-refractivity contribution is 7.10. The first-order valence-corrected chi connectivity index (χ1v) is 12.4. The van der Waals surface area contributed by atoms with E-state index < -0.39 is 0 Å². The monoisotopic (exact) mass is 480 g/mol. The minimum absolute atomic E-state index is 0.0325. The molecule has 2 amide bonds. The summed E-state index contributed by atoms with van der Waals surface area (Å²) in [5.41, 5.74) is 2.74. The lowest BCUT2D eigenvalue weighted by Crippen LogP contribution is -2.47. The first-order chi connectivity index (χ1) is 16.0. The number of methoxy groups -OCH3 is 1. The summed E-state index contributed by atoms with van der Waals surface area (Å²) in [4.78, 5) is 32.0. The van der Waals surface area contributed by atoms with Gasteiger partial charge in [0.2, 0.25) is 5.91 Å². The highest BCUT2D eigenvalue weighted by atomic mass is 35.5. The van der Waals surface area contributed by atoms with Gasteiger partial charge in [0, 0.05) is 28.0 Å². The summed E-state index contributed by atoms with van der Waals surface area (Å²) in [7, 11) is 1.58. The summed E-state index contributed by atoms with van der Waals surface area (Å²) in [6.07, 6.45) is 2.69. The van der Waals surface area contributed by atoms with E-state index in [4.69, 9.17) is 16.3 Å². The second kappa shape index (κ2) is 9.20. The van der Waals surface area contributed by atoms with Crippen LogP contribution in [0.4, 0.5) is 0 Å². The molecule has 0 spiro atoms. The van der Waals surface area contributed by atoms with Gasteiger partial charge < -0.3 is 14.5 Å². The average molecular weight is 481 g/mol. The number of carbonyl (C=O) groups is 2. The van der Waals surface area contributed by atoms with Crippen molar-refractivity contribution in [2.24, 2.45) is 0 Å².